The summed E-state index contributed by atoms with van der Waals surface area (Å²) in [4.78, 5) is 23.7. The van der Waals surface area contributed by atoms with Gasteiger partial charge < -0.3 is 14.8 Å². The van der Waals surface area contributed by atoms with Crippen LogP contribution in [0.25, 0.3) is 0 Å². The summed E-state index contributed by atoms with van der Waals surface area (Å²) in [6, 6.07) is 11.5. The molecule has 2 rings (SSSR count). The van der Waals surface area contributed by atoms with Gasteiger partial charge in [-0.2, -0.15) is 0 Å². The highest BCUT2D eigenvalue weighted by Gasteiger charge is 2.21. The third-order valence-electron chi connectivity index (χ3n) is 3.21. The highest BCUT2D eigenvalue weighted by Crippen LogP contribution is 2.15. The van der Waals surface area contributed by atoms with E-state index in [1.807, 2.05) is 6.07 Å². The Balaban J connectivity index is 1.86. The maximum Gasteiger partial charge on any atom is 0.347 e. The number of amides is 1. The standard InChI is InChI=1S/C18H17F2NO4/c1-2-16(25-13-6-4-3-5-7-13)18(23)24-11-17(22)21-15-9-8-12(19)10-14(15)20/h3-10,16H,2,11H2,1H3,(H,21,22)/t16-/m0/s1. The molecule has 0 saturated heterocycles. The van der Waals surface area contributed by atoms with Crippen LogP contribution >= 0.6 is 0 Å². The zero-order chi connectivity index (χ0) is 18.2. The molecule has 2 aromatic carbocycles. The smallest absolute Gasteiger partial charge is 0.347 e. The van der Waals surface area contributed by atoms with Crippen LogP contribution in [0.2, 0.25) is 0 Å². The summed E-state index contributed by atoms with van der Waals surface area (Å²) in [6.45, 7) is 1.13. The number of hydrogen-bond acceptors (Lipinski definition) is 4. The predicted molar refractivity (Wildman–Crippen MR) is 87.1 cm³/mol. The van der Waals surface area contributed by atoms with Crippen molar-refractivity contribution in [1.29, 1.82) is 0 Å². The van der Waals surface area contributed by atoms with Crippen LogP contribution in [0, 0.1) is 11.6 Å². The summed E-state index contributed by atoms with van der Waals surface area (Å²) in [7, 11) is 0. The van der Waals surface area contributed by atoms with Gasteiger partial charge in [0.05, 0.1) is 5.69 Å². The number of esters is 1. The third kappa shape index (κ3) is 5.56. The lowest BCUT2D eigenvalue weighted by Crippen LogP contribution is -2.31. The summed E-state index contributed by atoms with van der Waals surface area (Å²) < 4.78 is 36.7. The lowest BCUT2D eigenvalue weighted by molar-refractivity contribution is -0.154. The van der Waals surface area contributed by atoms with Gasteiger partial charge in [-0.05, 0) is 30.7 Å². The van der Waals surface area contributed by atoms with Gasteiger partial charge in [0, 0.05) is 6.07 Å². The minimum atomic E-state index is -0.918. The second-order valence-corrected chi connectivity index (χ2v) is 5.11. The van der Waals surface area contributed by atoms with Gasteiger partial charge in [0.15, 0.2) is 12.7 Å². The fraction of sp³-hybridized carbons (Fsp3) is 0.222. The molecule has 5 nitrogen and oxygen atoms in total. The zero-order valence-corrected chi connectivity index (χ0v) is 13.5. The summed E-state index contributed by atoms with van der Waals surface area (Å²) in [5, 5.41) is 2.20. The number of para-hydroxylation sites is 1. The fourth-order valence-corrected chi connectivity index (χ4v) is 1.97. The number of carbonyl (C=O) groups excluding carboxylic acids is 2. The monoisotopic (exact) mass is 349 g/mol. The van der Waals surface area contributed by atoms with E-state index in [9.17, 15) is 18.4 Å². The minimum Gasteiger partial charge on any atom is -0.479 e. The van der Waals surface area contributed by atoms with Crippen LogP contribution in [0.15, 0.2) is 48.5 Å². The quantitative estimate of drug-likeness (QED) is 0.779. The van der Waals surface area contributed by atoms with Crippen LogP contribution < -0.4 is 10.1 Å². The number of hydrogen-bond donors (Lipinski definition) is 1. The average Bonchev–Trinajstić information content (AvgIpc) is 2.61. The zero-order valence-electron chi connectivity index (χ0n) is 13.5. The van der Waals surface area contributed by atoms with Crippen molar-refractivity contribution in [2.45, 2.75) is 19.4 Å². The molecule has 7 heteroatoms. The van der Waals surface area contributed by atoms with E-state index in [-0.39, 0.29) is 5.69 Å². The van der Waals surface area contributed by atoms with Crippen molar-refractivity contribution in [1.82, 2.24) is 0 Å². The maximum atomic E-state index is 13.5. The van der Waals surface area contributed by atoms with E-state index in [0.717, 1.165) is 12.1 Å². The van der Waals surface area contributed by atoms with E-state index in [0.29, 0.717) is 18.2 Å². The summed E-state index contributed by atoms with van der Waals surface area (Å²) in [5.41, 5.74) is -0.199. The van der Waals surface area contributed by atoms with Gasteiger partial charge in [-0.25, -0.2) is 13.6 Å². The molecule has 0 heterocycles. The Labute approximate surface area is 143 Å². The summed E-state index contributed by atoms with van der Waals surface area (Å²) in [5.74, 6) is -2.62. The molecular weight excluding hydrogens is 332 g/mol. The van der Waals surface area contributed by atoms with E-state index < -0.39 is 36.2 Å². The Morgan fingerprint density at radius 2 is 1.84 bits per heavy atom. The van der Waals surface area contributed by atoms with Crippen LogP contribution in [0.4, 0.5) is 14.5 Å². The van der Waals surface area contributed by atoms with Crippen molar-refractivity contribution >= 4 is 17.6 Å². The molecule has 0 bridgehead atoms. The van der Waals surface area contributed by atoms with E-state index >= 15 is 0 Å². The fourth-order valence-electron chi connectivity index (χ4n) is 1.97. The SMILES string of the molecule is CC[C@H](Oc1ccccc1)C(=O)OCC(=O)Nc1ccc(F)cc1F. The van der Waals surface area contributed by atoms with Gasteiger partial charge in [0.1, 0.15) is 17.4 Å². The average molecular weight is 349 g/mol. The maximum absolute atomic E-state index is 13.5. The first-order valence-electron chi connectivity index (χ1n) is 7.63. The van der Waals surface area contributed by atoms with Crippen molar-refractivity contribution in [2.75, 3.05) is 11.9 Å². The molecule has 1 N–H and O–H groups in total. The molecule has 0 aliphatic heterocycles. The molecule has 0 fully saturated rings. The van der Waals surface area contributed by atoms with Crippen molar-refractivity contribution in [3.8, 4) is 5.75 Å². The molecule has 2 aromatic rings. The van der Waals surface area contributed by atoms with Crippen molar-refractivity contribution in [3.63, 3.8) is 0 Å². The molecule has 1 amide bonds. The lowest BCUT2D eigenvalue weighted by Gasteiger charge is -2.16. The Hall–Kier alpha value is -2.96. The number of ether oxygens (including phenoxy) is 2. The Bertz CT molecular complexity index is 737. The third-order valence-corrected chi connectivity index (χ3v) is 3.21. The minimum absolute atomic E-state index is 0.199. The molecule has 0 aromatic heterocycles. The first-order valence-corrected chi connectivity index (χ1v) is 7.63. The number of nitrogens with one attached hydrogen (secondary N) is 1. The van der Waals surface area contributed by atoms with Crippen LogP contribution in [0.1, 0.15) is 13.3 Å². The molecule has 25 heavy (non-hydrogen) atoms. The molecule has 0 spiro atoms. The normalized spacial score (nSPS) is 11.5. The highest BCUT2D eigenvalue weighted by molar-refractivity contribution is 5.93. The predicted octanol–water partition coefficient (Wildman–Crippen LogP) is 3.30. The number of carbonyl (C=O) groups is 2. The Morgan fingerprint density at radius 3 is 2.48 bits per heavy atom. The Morgan fingerprint density at radius 1 is 1.12 bits per heavy atom. The molecule has 0 aliphatic carbocycles. The number of rotatable bonds is 7. The van der Waals surface area contributed by atoms with Crippen molar-refractivity contribution < 1.29 is 27.8 Å². The molecule has 0 aliphatic rings. The van der Waals surface area contributed by atoms with Gasteiger partial charge in [0.2, 0.25) is 0 Å². The first-order chi connectivity index (χ1) is 12.0. The summed E-state index contributed by atoms with van der Waals surface area (Å²) in [6.07, 6.45) is -0.514. The van der Waals surface area contributed by atoms with Gasteiger partial charge in [0.25, 0.3) is 5.91 Å². The van der Waals surface area contributed by atoms with Crippen LogP contribution in [-0.2, 0) is 14.3 Å². The Kier molecular flexibility index (Phi) is 6.45. The summed E-state index contributed by atoms with van der Waals surface area (Å²) >= 11 is 0. The van der Waals surface area contributed by atoms with Crippen LogP contribution in [0.3, 0.4) is 0 Å². The largest absolute Gasteiger partial charge is 0.479 e. The molecule has 0 saturated carbocycles. The molecule has 0 unspecified atom stereocenters. The van der Waals surface area contributed by atoms with E-state index in [2.05, 4.69) is 5.32 Å². The second-order valence-electron chi connectivity index (χ2n) is 5.11. The van der Waals surface area contributed by atoms with Gasteiger partial charge in [-0.3, -0.25) is 4.79 Å². The highest BCUT2D eigenvalue weighted by atomic mass is 19.1. The molecule has 132 valence electrons. The van der Waals surface area contributed by atoms with Crippen LogP contribution in [-0.4, -0.2) is 24.6 Å². The topological polar surface area (TPSA) is 64.6 Å². The van der Waals surface area contributed by atoms with E-state index in [1.165, 1.54) is 0 Å². The second kappa shape index (κ2) is 8.77. The number of halogens is 2. The molecule has 0 radical (unpaired) electrons. The lowest BCUT2D eigenvalue weighted by atomic mass is 10.2. The first kappa shape index (κ1) is 18.4. The van der Waals surface area contributed by atoms with E-state index in [4.69, 9.17) is 9.47 Å². The number of benzene rings is 2. The van der Waals surface area contributed by atoms with Crippen molar-refractivity contribution in [3.05, 3.63) is 60.2 Å². The van der Waals surface area contributed by atoms with Gasteiger partial charge in [-0.15, -0.1) is 0 Å². The van der Waals surface area contributed by atoms with Gasteiger partial charge in [-0.1, -0.05) is 25.1 Å². The van der Waals surface area contributed by atoms with Crippen molar-refractivity contribution in [2.24, 2.45) is 0 Å². The molecular formula is C18H17F2NO4. The number of anilines is 1. The molecule has 1 atom stereocenters. The van der Waals surface area contributed by atoms with Gasteiger partial charge >= 0.3 is 5.97 Å². The van der Waals surface area contributed by atoms with E-state index in [1.54, 1.807) is 31.2 Å². The van der Waals surface area contributed by atoms with Crippen LogP contribution in [0.5, 0.6) is 5.75 Å².